The fourth-order valence-electron chi connectivity index (χ4n) is 1.89. The van der Waals surface area contributed by atoms with Gasteiger partial charge in [-0.05, 0) is 37.2 Å². The molecule has 0 saturated heterocycles. The number of aromatic nitrogens is 1. The summed E-state index contributed by atoms with van der Waals surface area (Å²) in [6.45, 7) is 2.20. The molecular formula is C14H18N2S. The Bertz CT molecular complexity index is 450. The molecule has 1 atom stereocenters. The highest BCUT2D eigenvalue weighted by Crippen LogP contribution is 2.23. The van der Waals surface area contributed by atoms with Gasteiger partial charge in [-0.1, -0.05) is 13.0 Å². The molecule has 0 radical (unpaired) electrons. The van der Waals surface area contributed by atoms with E-state index in [1.54, 1.807) is 0 Å². The molecule has 0 aliphatic rings. The lowest BCUT2D eigenvalue weighted by atomic mass is 10.1. The molecular weight excluding hydrogens is 228 g/mol. The second kappa shape index (κ2) is 5.94. The van der Waals surface area contributed by atoms with Crippen LogP contribution in [0.5, 0.6) is 0 Å². The Morgan fingerprint density at radius 2 is 2.12 bits per heavy atom. The Hall–Kier alpha value is -1.19. The summed E-state index contributed by atoms with van der Waals surface area (Å²) in [6, 6.07) is 8.95. The fourth-order valence-corrected chi connectivity index (χ4v) is 2.90. The Morgan fingerprint density at radius 3 is 2.71 bits per heavy atom. The third-order valence-corrected chi connectivity index (χ3v) is 4.16. The predicted molar refractivity (Wildman–Crippen MR) is 73.4 cm³/mol. The summed E-state index contributed by atoms with van der Waals surface area (Å²) < 4.78 is 0. The van der Waals surface area contributed by atoms with Crippen molar-refractivity contribution in [3.63, 3.8) is 0 Å². The van der Waals surface area contributed by atoms with Crippen LogP contribution < -0.4 is 5.32 Å². The quantitative estimate of drug-likeness (QED) is 0.876. The summed E-state index contributed by atoms with van der Waals surface area (Å²) in [7, 11) is 2.01. The van der Waals surface area contributed by atoms with Crippen LogP contribution in [0.3, 0.4) is 0 Å². The first kappa shape index (κ1) is 12.3. The van der Waals surface area contributed by atoms with Crippen molar-refractivity contribution in [1.82, 2.24) is 10.3 Å². The standard InChI is InChI=1S/C14H18N2S/c1-3-12-6-7-13(17-12)9-14(15-2)11-5-4-8-16-10-11/h4-8,10,14-15H,3,9H2,1-2H3. The van der Waals surface area contributed by atoms with Gasteiger partial charge in [-0.3, -0.25) is 4.98 Å². The van der Waals surface area contributed by atoms with Crippen LogP contribution in [0.4, 0.5) is 0 Å². The average Bonchev–Trinajstić information content (AvgIpc) is 2.84. The zero-order chi connectivity index (χ0) is 12.1. The Morgan fingerprint density at radius 1 is 1.29 bits per heavy atom. The number of thiophene rings is 1. The zero-order valence-electron chi connectivity index (χ0n) is 10.3. The van der Waals surface area contributed by atoms with Crippen LogP contribution >= 0.6 is 11.3 Å². The van der Waals surface area contributed by atoms with Gasteiger partial charge in [-0.25, -0.2) is 0 Å². The minimum absolute atomic E-state index is 0.354. The van der Waals surface area contributed by atoms with E-state index in [9.17, 15) is 0 Å². The Kier molecular flexibility index (Phi) is 4.29. The van der Waals surface area contributed by atoms with E-state index in [4.69, 9.17) is 0 Å². The molecule has 90 valence electrons. The molecule has 0 spiro atoms. The van der Waals surface area contributed by atoms with E-state index in [1.807, 2.05) is 36.8 Å². The van der Waals surface area contributed by atoms with E-state index in [-0.39, 0.29) is 0 Å². The van der Waals surface area contributed by atoms with Gasteiger partial charge in [0.2, 0.25) is 0 Å². The van der Waals surface area contributed by atoms with E-state index >= 15 is 0 Å². The van der Waals surface area contributed by atoms with E-state index in [2.05, 4.69) is 35.4 Å². The molecule has 0 aromatic carbocycles. The molecule has 17 heavy (non-hydrogen) atoms. The van der Waals surface area contributed by atoms with Crippen LogP contribution in [0.2, 0.25) is 0 Å². The number of aryl methyl sites for hydroxylation is 1. The summed E-state index contributed by atoms with van der Waals surface area (Å²) >= 11 is 1.91. The van der Waals surface area contributed by atoms with Gasteiger partial charge in [0.05, 0.1) is 0 Å². The Balaban J connectivity index is 2.10. The number of likely N-dealkylation sites (N-methyl/N-ethyl adjacent to an activating group) is 1. The van der Waals surface area contributed by atoms with Crippen molar-refractivity contribution < 1.29 is 0 Å². The van der Waals surface area contributed by atoms with Gasteiger partial charge < -0.3 is 5.32 Å². The van der Waals surface area contributed by atoms with Crippen molar-refractivity contribution in [3.8, 4) is 0 Å². The number of nitrogens with one attached hydrogen (secondary N) is 1. The van der Waals surface area contributed by atoms with Crippen LogP contribution in [0.15, 0.2) is 36.7 Å². The predicted octanol–water partition coefficient (Wildman–Crippen LogP) is 3.21. The molecule has 2 aromatic rings. The lowest BCUT2D eigenvalue weighted by Gasteiger charge is -2.15. The van der Waals surface area contributed by atoms with Crippen LogP contribution in [0, 0.1) is 0 Å². The molecule has 1 N–H and O–H groups in total. The van der Waals surface area contributed by atoms with E-state index in [0.717, 1.165) is 12.8 Å². The van der Waals surface area contributed by atoms with Crippen molar-refractivity contribution in [1.29, 1.82) is 0 Å². The second-order valence-electron chi connectivity index (χ2n) is 4.05. The fraction of sp³-hybridized carbons (Fsp3) is 0.357. The summed E-state index contributed by atoms with van der Waals surface area (Å²) in [5, 5.41) is 3.36. The molecule has 0 saturated carbocycles. The topological polar surface area (TPSA) is 24.9 Å². The maximum Gasteiger partial charge on any atom is 0.0381 e. The van der Waals surface area contributed by atoms with E-state index in [0.29, 0.717) is 6.04 Å². The normalized spacial score (nSPS) is 12.6. The monoisotopic (exact) mass is 246 g/mol. The number of nitrogens with zero attached hydrogens (tertiary/aromatic N) is 1. The van der Waals surface area contributed by atoms with Gasteiger partial charge in [0, 0.05) is 34.6 Å². The van der Waals surface area contributed by atoms with Crippen LogP contribution in [-0.2, 0) is 12.8 Å². The number of hydrogen-bond acceptors (Lipinski definition) is 3. The molecule has 3 heteroatoms. The molecule has 2 aromatic heterocycles. The first-order valence-corrected chi connectivity index (χ1v) is 6.80. The number of hydrogen-bond donors (Lipinski definition) is 1. The van der Waals surface area contributed by atoms with Crippen LogP contribution in [0.25, 0.3) is 0 Å². The Labute approximate surface area is 107 Å². The van der Waals surface area contributed by atoms with Crippen molar-refractivity contribution in [2.24, 2.45) is 0 Å². The smallest absolute Gasteiger partial charge is 0.0381 e. The number of pyridine rings is 1. The second-order valence-corrected chi connectivity index (χ2v) is 5.31. The highest BCUT2D eigenvalue weighted by atomic mass is 32.1. The molecule has 0 aliphatic heterocycles. The van der Waals surface area contributed by atoms with Gasteiger partial charge in [0.1, 0.15) is 0 Å². The zero-order valence-corrected chi connectivity index (χ0v) is 11.1. The SMILES string of the molecule is CCc1ccc(CC(NC)c2cccnc2)s1. The third kappa shape index (κ3) is 3.14. The first-order chi connectivity index (χ1) is 8.33. The molecule has 2 nitrogen and oxygen atoms in total. The molecule has 0 aliphatic carbocycles. The highest BCUT2D eigenvalue weighted by Gasteiger charge is 2.11. The summed E-state index contributed by atoms with van der Waals surface area (Å²) in [6.07, 6.45) is 5.92. The molecule has 0 fully saturated rings. The van der Waals surface area contributed by atoms with Gasteiger partial charge in [-0.2, -0.15) is 0 Å². The van der Waals surface area contributed by atoms with Crippen molar-refractivity contribution in [2.45, 2.75) is 25.8 Å². The lowest BCUT2D eigenvalue weighted by molar-refractivity contribution is 0.594. The summed E-state index contributed by atoms with van der Waals surface area (Å²) in [5.74, 6) is 0. The van der Waals surface area contributed by atoms with Crippen molar-refractivity contribution >= 4 is 11.3 Å². The van der Waals surface area contributed by atoms with Gasteiger partial charge in [0.25, 0.3) is 0 Å². The van der Waals surface area contributed by atoms with Gasteiger partial charge in [0.15, 0.2) is 0 Å². The number of rotatable bonds is 5. The maximum atomic E-state index is 4.18. The summed E-state index contributed by atoms with van der Waals surface area (Å²) in [4.78, 5) is 7.07. The van der Waals surface area contributed by atoms with E-state index in [1.165, 1.54) is 15.3 Å². The van der Waals surface area contributed by atoms with Crippen LogP contribution in [-0.4, -0.2) is 12.0 Å². The molecule has 2 heterocycles. The molecule has 0 amide bonds. The minimum Gasteiger partial charge on any atom is -0.313 e. The molecule has 1 unspecified atom stereocenters. The van der Waals surface area contributed by atoms with E-state index < -0.39 is 0 Å². The van der Waals surface area contributed by atoms with Gasteiger partial charge in [-0.15, -0.1) is 11.3 Å². The minimum atomic E-state index is 0.354. The van der Waals surface area contributed by atoms with Crippen molar-refractivity contribution in [3.05, 3.63) is 52.0 Å². The van der Waals surface area contributed by atoms with Gasteiger partial charge >= 0.3 is 0 Å². The maximum absolute atomic E-state index is 4.18. The average molecular weight is 246 g/mol. The molecule has 2 rings (SSSR count). The first-order valence-electron chi connectivity index (χ1n) is 5.98. The summed E-state index contributed by atoms with van der Waals surface area (Å²) in [5.41, 5.74) is 1.25. The third-order valence-electron chi connectivity index (χ3n) is 2.91. The molecule has 0 bridgehead atoms. The van der Waals surface area contributed by atoms with Crippen molar-refractivity contribution in [2.75, 3.05) is 7.05 Å². The van der Waals surface area contributed by atoms with Crippen LogP contribution in [0.1, 0.15) is 28.3 Å². The largest absolute Gasteiger partial charge is 0.313 e. The lowest BCUT2D eigenvalue weighted by Crippen LogP contribution is -2.18. The highest BCUT2D eigenvalue weighted by molar-refractivity contribution is 7.11.